The van der Waals surface area contributed by atoms with Crippen molar-refractivity contribution in [2.24, 2.45) is 7.05 Å². The van der Waals surface area contributed by atoms with Crippen LogP contribution in [0.2, 0.25) is 0 Å². The first-order valence-corrected chi connectivity index (χ1v) is 8.88. The van der Waals surface area contributed by atoms with Gasteiger partial charge in [-0.15, -0.1) is 0 Å². The molecule has 3 aromatic rings. The van der Waals surface area contributed by atoms with Gasteiger partial charge in [-0.25, -0.2) is 18.1 Å². The highest BCUT2D eigenvalue weighted by Gasteiger charge is 2.16. The molecule has 0 aliphatic rings. The number of hydrogen-bond acceptors (Lipinski definition) is 4. The van der Waals surface area contributed by atoms with Crippen molar-refractivity contribution in [2.45, 2.75) is 18.4 Å². The summed E-state index contributed by atoms with van der Waals surface area (Å²) in [7, 11) is -1.82. The lowest BCUT2D eigenvalue weighted by molar-refractivity contribution is 0.101. The van der Waals surface area contributed by atoms with Crippen LogP contribution in [0.15, 0.2) is 53.4 Å². The van der Waals surface area contributed by atoms with Gasteiger partial charge in [-0.05, 0) is 31.2 Å². The monoisotopic (exact) mass is 343 g/mol. The van der Waals surface area contributed by atoms with Gasteiger partial charge in [0.1, 0.15) is 5.82 Å². The normalized spacial score (nSPS) is 11.8. The number of Topliss-reactive ketones (excluding diaryl/α,β-unsaturated/α-hetero) is 1. The highest BCUT2D eigenvalue weighted by atomic mass is 32.2. The first-order chi connectivity index (χ1) is 11.4. The summed E-state index contributed by atoms with van der Waals surface area (Å²) in [6.07, 6.45) is 0. The van der Waals surface area contributed by atoms with E-state index in [1.807, 2.05) is 35.9 Å². The zero-order chi connectivity index (χ0) is 17.3. The van der Waals surface area contributed by atoms with E-state index >= 15 is 0 Å². The highest BCUT2D eigenvalue weighted by molar-refractivity contribution is 7.89. The molecule has 1 aromatic heterocycles. The Hall–Kier alpha value is -2.51. The summed E-state index contributed by atoms with van der Waals surface area (Å²) in [5.74, 6) is 0.520. The van der Waals surface area contributed by atoms with Gasteiger partial charge in [-0.3, -0.25) is 4.79 Å². The molecule has 124 valence electrons. The lowest BCUT2D eigenvalue weighted by atomic mass is 10.2. The molecule has 0 fully saturated rings. The Labute approximate surface area is 140 Å². The van der Waals surface area contributed by atoms with E-state index in [-0.39, 0.29) is 17.2 Å². The maximum absolute atomic E-state index is 12.4. The van der Waals surface area contributed by atoms with Gasteiger partial charge in [0.2, 0.25) is 10.0 Å². The number of nitrogens with zero attached hydrogens (tertiary/aromatic N) is 2. The lowest BCUT2D eigenvalue weighted by Crippen LogP contribution is -2.24. The molecule has 0 aliphatic carbocycles. The van der Waals surface area contributed by atoms with Gasteiger partial charge < -0.3 is 4.57 Å². The third-order valence-electron chi connectivity index (χ3n) is 3.87. The molecule has 0 bridgehead atoms. The average Bonchev–Trinajstić information content (AvgIpc) is 2.90. The van der Waals surface area contributed by atoms with Crippen molar-refractivity contribution in [3.8, 4) is 0 Å². The van der Waals surface area contributed by atoms with Gasteiger partial charge in [0.15, 0.2) is 5.78 Å². The first kappa shape index (κ1) is 16.4. The number of rotatable bonds is 5. The molecule has 0 amide bonds. The molecule has 0 saturated carbocycles. The van der Waals surface area contributed by atoms with Crippen LogP contribution < -0.4 is 4.72 Å². The highest BCUT2D eigenvalue weighted by Crippen LogP contribution is 2.15. The minimum absolute atomic E-state index is 0.0853. The Morgan fingerprint density at radius 3 is 2.42 bits per heavy atom. The minimum atomic E-state index is -3.67. The zero-order valence-corrected chi connectivity index (χ0v) is 14.2. The van der Waals surface area contributed by atoms with Crippen molar-refractivity contribution in [1.29, 1.82) is 0 Å². The van der Waals surface area contributed by atoms with Crippen LogP contribution in [0.3, 0.4) is 0 Å². The van der Waals surface area contributed by atoms with E-state index < -0.39 is 10.0 Å². The number of carbonyl (C=O) groups is 1. The summed E-state index contributed by atoms with van der Waals surface area (Å²) in [5.41, 5.74) is 2.24. The van der Waals surface area contributed by atoms with Gasteiger partial charge in [-0.1, -0.05) is 24.3 Å². The Balaban J connectivity index is 1.81. The number of benzene rings is 2. The van der Waals surface area contributed by atoms with E-state index in [0.717, 1.165) is 11.0 Å². The predicted octanol–water partition coefficient (Wildman–Crippen LogP) is 2.25. The van der Waals surface area contributed by atoms with Crippen molar-refractivity contribution in [3.05, 3.63) is 59.9 Å². The number of nitrogens with one attached hydrogen (secondary N) is 1. The van der Waals surface area contributed by atoms with Gasteiger partial charge in [0.25, 0.3) is 0 Å². The molecule has 1 N–H and O–H groups in total. The van der Waals surface area contributed by atoms with Crippen LogP contribution in [-0.4, -0.2) is 23.8 Å². The lowest BCUT2D eigenvalue weighted by Gasteiger charge is -2.07. The van der Waals surface area contributed by atoms with Crippen molar-refractivity contribution < 1.29 is 13.2 Å². The molecule has 2 aromatic carbocycles. The number of para-hydroxylation sites is 2. The second-order valence-corrected chi connectivity index (χ2v) is 7.25. The Morgan fingerprint density at radius 1 is 1.12 bits per heavy atom. The third kappa shape index (κ3) is 3.08. The fraction of sp³-hybridized carbons (Fsp3) is 0.176. The van der Waals surface area contributed by atoms with E-state index in [2.05, 4.69) is 9.71 Å². The second kappa shape index (κ2) is 6.18. The average molecular weight is 343 g/mol. The standard InChI is InChI=1S/C17H17N3O3S/c1-12(21)13-7-9-14(10-8-13)24(22,23)18-11-17-19-15-5-3-4-6-16(15)20(17)2/h3-10,18H,11H2,1-2H3. The van der Waals surface area contributed by atoms with Crippen LogP contribution in [0.4, 0.5) is 0 Å². The van der Waals surface area contributed by atoms with Crippen molar-refractivity contribution >= 4 is 26.8 Å². The molecular weight excluding hydrogens is 326 g/mol. The van der Waals surface area contributed by atoms with E-state index in [0.29, 0.717) is 11.4 Å². The molecule has 0 aliphatic heterocycles. The largest absolute Gasteiger partial charge is 0.330 e. The molecule has 0 atom stereocenters. The zero-order valence-electron chi connectivity index (χ0n) is 13.4. The molecule has 1 heterocycles. The molecule has 7 heteroatoms. The van der Waals surface area contributed by atoms with Crippen LogP contribution in [0.1, 0.15) is 23.1 Å². The molecule has 24 heavy (non-hydrogen) atoms. The van der Waals surface area contributed by atoms with E-state index in [1.165, 1.54) is 31.2 Å². The van der Waals surface area contributed by atoms with Crippen LogP contribution in [0.25, 0.3) is 11.0 Å². The molecule has 0 radical (unpaired) electrons. The van der Waals surface area contributed by atoms with Crippen LogP contribution in [0, 0.1) is 0 Å². The predicted molar refractivity (Wildman–Crippen MR) is 91.2 cm³/mol. The molecule has 0 unspecified atom stereocenters. The van der Waals surface area contributed by atoms with Crippen LogP contribution in [0.5, 0.6) is 0 Å². The van der Waals surface area contributed by atoms with Gasteiger partial charge in [0, 0.05) is 12.6 Å². The Morgan fingerprint density at radius 2 is 1.79 bits per heavy atom. The number of ketones is 1. The Bertz CT molecular complexity index is 1010. The first-order valence-electron chi connectivity index (χ1n) is 7.39. The molecule has 0 saturated heterocycles. The van der Waals surface area contributed by atoms with E-state index in [9.17, 15) is 13.2 Å². The maximum atomic E-state index is 12.4. The Kier molecular flexibility index (Phi) is 4.21. The summed E-state index contributed by atoms with van der Waals surface area (Å²) < 4.78 is 29.2. The van der Waals surface area contributed by atoms with E-state index in [1.54, 1.807) is 0 Å². The summed E-state index contributed by atoms with van der Waals surface area (Å²) in [6.45, 7) is 1.52. The summed E-state index contributed by atoms with van der Waals surface area (Å²) in [5, 5.41) is 0. The number of sulfonamides is 1. The number of aryl methyl sites for hydroxylation is 1. The molecule has 3 rings (SSSR count). The summed E-state index contributed by atoms with van der Waals surface area (Å²) in [6, 6.07) is 13.5. The van der Waals surface area contributed by atoms with Crippen LogP contribution >= 0.6 is 0 Å². The number of fused-ring (bicyclic) bond motifs is 1. The smallest absolute Gasteiger partial charge is 0.240 e. The molecule has 6 nitrogen and oxygen atoms in total. The summed E-state index contributed by atoms with van der Waals surface area (Å²) in [4.78, 5) is 15.8. The van der Waals surface area contributed by atoms with Crippen molar-refractivity contribution in [1.82, 2.24) is 14.3 Å². The quantitative estimate of drug-likeness (QED) is 0.721. The number of aromatic nitrogens is 2. The number of imidazole rings is 1. The fourth-order valence-corrected chi connectivity index (χ4v) is 3.45. The minimum Gasteiger partial charge on any atom is -0.330 e. The topological polar surface area (TPSA) is 81.1 Å². The van der Waals surface area contributed by atoms with E-state index in [4.69, 9.17) is 0 Å². The van der Waals surface area contributed by atoms with Crippen molar-refractivity contribution in [3.63, 3.8) is 0 Å². The molecular formula is C17H17N3O3S. The number of hydrogen-bond donors (Lipinski definition) is 1. The van der Waals surface area contributed by atoms with Crippen molar-refractivity contribution in [2.75, 3.05) is 0 Å². The SMILES string of the molecule is CC(=O)c1ccc(S(=O)(=O)NCc2nc3ccccc3n2C)cc1. The molecule has 0 spiro atoms. The fourth-order valence-electron chi connectivity index (χ4n) is 2.47. The third-order valence-corrected chi connectivity index (χ3v) is 5.29. The number of carbonyl (C=O) groups excluding carboxylic acids is 1. The van der Waals surface area contributed by atoms with Gasteiger partial charge >= 0.3 is 0 Å². The van der Waals surface area contributed by atoms with Crippen LogP contribution in [-0.2, 0) is 23.6 Å². The second-order valence-electron chi connectivity index (χ2n) is 5.48. The van der Waals surface area contributed by atoms with Gasteiger partial charge in [0.05, 0.1) is 22.5 Å². The maximum Gasteiger partial charge on any atom is 0.240 e. The van der Waals surface area contributed by atoms with Gasteiger partial charge in [-0.2, -0.15) is 0 Å². The summed E-state index contributed by atoms with van der Waals surface area (Å²) >= 11 is 0.